The summed E-state index contributed by atoms with van der Waals surface area (Å²) in [6, 6.07) is 0. The third-order valence-electron chi connectivity index (χ3n) is 2.62. The van der Waals surface area contributed by atoms with Gasteiger partial charge in [0.25, 0.3) is 0 Å². The van der Waals surface area contributed by atoms with Crippen molar-refractivity contribution in [2.24, 2.45) is 5.41 Å². The summed E-state index contributed by atoms with van der Waals surface area (Å²) in [7, 11) is 1.60. The average Bonchev–Trinajstić information content (AvgIpc) is 2.20. The summed E-state index contributed by atoms with van der Waals surface area (Å²) in [6.45, 7) is 7.67. The van der Waals surface area contributed by atoms with E-state index in [1.54, 1.807) is 7.11 Å². The standard InChI is InChI=1S/C11H21ClO3/c1-10(2)7-14-11(3,15-8-10)6-5-9(12)13-4/h9H,5-8H2,1-4H3. The van der Waals surface area contributed by atoms with Crippen LogP contribution in [0, 0.1) is 5.41 Å². The quantitative estimate of drug-likeness (QED) is 0.703. The van der Waals surface area contributed by atoms with Crippen LogP contribution >= 0.6 is 11.6 Å². The maximum Gasteiger partial charge on any atom is 0.165 e. The van der Waals surface area contributed by atoms with E-state index in [2.05, 4.69) is 13.8 Å². The topological polar surface area (TPSA) is 27.7 Å². The monoisotopic (exact) mass is 236 g/mol. The number of hydrogen-bond acceptors (Lipinski definition) is 3. The van der Waals surface area contributed by atoms with Crippen LogP contribution in [0.5, 0.6) is 0 Å². The number of methoxy groups -OCH3 is 1. The van der Waals surface area contributed by atoms with Crippen molar-refractivity contribution in [3.8, 4) is 0 Å². The molecule has 1 unspecified atom stereocenters. The van der Waals surface area contributed by atoms with Gasteiger partial charge in [-0.05, 0) is 13.3 Å². The molecule has 1 aliphatic rings. The maximum absolute atomic E-state index is 5.87. The van der Waals surface area contributed by atoms with Gasteiger partial charge in [0, 0.05) is 18.9 Å². The van der Waals surface area contributed by atoms with Crippen LogP contribution in [0.2, 0.25) is 0 Å². The van der Waals surface area contributed by atoms with E-state index < -0.39 is 5.79 Å². The molecule has 4 heteroatoms. The van der Waals surface area contributed by atoms with Crippen LogP contribution in [-0.4, -0.2) is 31.7 Å². The molecule has 0 aromatic carbocycles. The van der Waals surface area contributed by atoms with Gasteiger partial charge in [0.1, 0.15) is 5.56 Å². The Bertz CT molecular complexity index is 196. The molecule has 1 atom stereocenters. The predicted molar refractivity (Wildman–Crippen MR) is 60.0 cm³/mol. The molecule has 1 saturated heterocycles. The Morgan fingerprint density at radius 1 is 1.27 bits per heavy atom. The molecule has 0 N–H and O–H groups in total. The molecule has 3 nitrogen and oxygen atoms in total. The Kier molecular flexibility index (Phi) is 4.41. The summed E-state index contributed by atoms with van der Waals surface area (Å²) in [4.78, 5) is 0. The second kappa shape index (κ2) is 5.00. The summed E-state index contributed by atoms with van der Waals surface area (Å²) >= 11 is 5.87. The predicted octanol–water partition coefficient (Wildman–Crippen LogP) is 2.77. The van der Waals surface area contributed by atoms with Gasteiger partial charge in [0.2, 0.25) is 0 Å². The SMILES string of the molecule is COC(Cl)CCC1(C)OCC(C)(C)CO1. The molecule has 1 heterocycles. The van der Waals surface area contributed by atoms with Crippen molar-refractivity contribution in [1.29, 1.82) is 0 Å². The number of halogens is 1. The fraction of sp³-hybridized carbons (Fsp3) is 1.00. The highest BCUT2D eigenvalue weighted by Crippen LogP contribution is 2.32. The Labute approximate surface area is 97.0 Å². The molecule has 0 radical (unpaired) electrons. The number of rotatable bonds is 4. The summed E-state index contributed by atoms with van der Waals surface area (Å²) in [5, 5.41) is 0. The van der Waals surface area contributed by atoms with E-state index in [0.29, 0.717) is 0 Å². The first kappa shape index (κ1) is 13.2. The second-order valence-electron chi connectivity index (χ2n) is 5.06. The molecule has 0 aromatic heterocycles. The van der Waals surface area contributed by atoms with Crippen molar-refractivity contribution in [2.75, 3.05) is 20.3 Å². The van der Waals surface area contributed by atoms with Crippen LogP contribution in [0.4, 0.5) is 0 Å². The molecule has 0 aliphatic carbocycles. The lowest BCUT2D eigenvalue weighted by Gasteiger charge is -2.41. The van der Waals surface area contributed by atoms with Crippen LogP contribution in [0.15, 0.2) is 0 Å². The van der Waals surface area contributed by atoms with E-state index in [9.17, 15) is 0 Å². The van der Waals surface area contributed by atoms with E-state index in [1.807, 2.05) is 6.92 Å². The van der Waals surface area contributed by atoms with Crippen LogP contribution in [0.25, 0.3) is 0 Å². The van der Waals surface area contributed by atoms with Gasteiger partial charge in [-0.2, -0.15) is 0 Å². The summed E-state index contributed by atoms with van der Waals surface area (Å²) in [6.07, 6.45) is 1.49. The first-order valence-corrected chi connectivity index (χ1v) is 5.75. The molecular weight excluding hydrogens is 216 g/mol. The highest BCUT2D eigenvalue weighted by molar-refractivity contribution is 6.19. The zero-order chi connectivity index (χ0) is 11.5. The fourth-order valence-electron chi connectivity index (χ4n) is 1.42. The molecule has 90 valence electrons. The van der Waals surface area contributed by atoms with Gasteiger partial charge in [0.05, 0.1) is 13.2 Å². The first-order valence-electron chi connectivity index (χ1n) is 5.32. The fourth-order valence-corrected chi connectivity index (χ4v) is 1.53. The molecule has 0 aromatic rings. The van der Waals surface area contributed by atoms with E-state index in [0.717, 1.165) is 26.1 Å². The molecule has 1 fully saturated rings. The first-order chi connectivity index (χ1) is 6.87. The molecular formula is C11H21ClO3. The molecule has 15 heavy (non-hydrogen) atoms. The van der Waals surface area contributed by atoms with Crippen molar-refractivity contribution >= 4 is 11.6 Å². The molecule has 1 aliphatic heterocycles. The van der Waals surface area contributed by atoms with Crippen molar-refractivity contribution in [2.45, 2.75) is 45.0 Å². The molecule has 0 spiro atoms. The minimum Gasteiger partial charge on any atom is -0.366 e. The van der Waals surface area contributed by atoms with E-state index in [4.69, 9.17) is 25.8 Å². The Morgan fingerprint density at radius 2 is 1.80 bits per heavy atom. The second-order valence-corrected chi connectivity index (χ2v) is 5.55. The van der Waals surface area contributed by atoms with Gasteiger partial charge in [-0.15, -0.1) is 0 Å². The summed E-state index contributed by atoms with van der Waals surface area (Å²) in [5.74, 6) is -0.499. The lowest BCUT2D eigenvalue weighted by molar-refractivity contribution is -0.293. The average molecular weight is 237 g/mol. The third kappa shape index (κ3) is 4.27. The lowest BCUT2D eigenvalue weighted by atomic mass is 9.94. The Morgan fingerprint density at radius 3 is 2.27 bits per heavy atom. The van der Waals surface area contributed by atoms with Crippen molar-refractivity contribution in [1.82, 2.24) is 0 Å². The largest absolute Gasteiger partial charge is 0.366 e. The van der Waals surface area contributed by atoms with Gasteiger partial charge in [0.15, 0.2) is 5.79 Å². The van der Waals surface area contributed by atoms with Gasteiger partial charge < -0.3 is 14.2 Å². The molecule has 0 saturated carbocycles. The van der Waals surface area contributed by atoms with Crippen LogP contribution in [-0.2, 0) is 14.2 Å². The van der Waals surface area contributed by atoms with Gasteiger partial charge in [-0.1, -0.05) is 25.4 Å². The van der Waals surface area contributed by atoms with Crippen LogP contribution in [0.1, 0.15) is 33.6 Å². The Balaban J connectivity index is 2.35. The van der Waals surface area contributed by atoms with E-state index in [-0.39, 0.29) is 11.0 Å². The third-order valence-corrected chi connectivity index (χ3v) is 3.01. The number of ether oxygens (including phenoxy) is 3. The van der Waals surface area contributed by atoms with Crippen LogP contribution in [0.3, 0.4) is 0 Å². The van der Waals surface area contributed by atoms with E-state index in [1.165, 1.54) is 0 Å². The minimum atomic E-state index is -0.499. The van der Waals surface area contributed by atoms with Crippen molar-refractivity contribution < 1.29 is 14.2 Å². The minimum absolute atomic E-state index is 0.112. The number of hydrogen-bond donors (Lipinski definition) is 0. The zero-order valence-electron chi connectivity index (χ0n) is 10.0. The van der Waals surface area contributed by atoms with Crippen molar-refractivity contribution in [3.63, 3.8) is 0 Å². The lowest BCUT2D eigenvalue weighted by Crippen LogP contribution is -2.45. The normalized spacial score (nSPS) is 26.2. The zero-order valence-corrected chi connectivity index (χ0v) is 10.8. The molecule has 1 rings (SSSR count). The smallest absolute Gasteiger partial charge is 0.165 e. The highest BCUT2D eigenvalue weighted by Gasteiger charge is 2.36. The highest BCUT2D eigenvalue weighted by atomic mass is 35.5. The van der Waals surface area contributed by atoms with Crippen molar-refractivity contribution in [3.05, 3.63) is 0 Å². The maximum atomic E-state index is 5.87. The summed E-state index contributed by atoms with van der Waals surface area (Å²) in [5.41, 5.74) is -0.148. The molecule has 0 amide bonds. The van der Waals surface area contributed by atoms with E-state index >= 15 is 0 Å². The van der Waals surface area contributed by atoms with Gasteiger partial charge >= 0.3 is 0 Å². The van der Waals surface area contributed by atoms with Crippen LogP contribution < -0.4 is 0 Å². The van der Waals surface area contributed by atoms with Gasteiger partial charge in [-0.25, -0.2) is 0 Å². The van der Waals surface area contributed by atoms with Gasteiger partial charge in [-0.3, -0.25) is 0 Å². The Hall–Kier alpha value is 0.170. The summed E-state index contributed by atoms with van der Waals surface area (Å²) < 4.78 is 16.5. The molecule has 0 bridgehead atoms. The number of alkyl halides is 1.